The molecule has 0 aliphatic carbocycles. The van der Waals surface area contributed by atoms with Crippen molar-refractivity contribution in [1.29, 1.82) is 0 Å². The molecule has 2 aromatic carbocycles. The maximum Gasteiger partial charge on any atom is 0.0630 e. The minimum absolute atomic E-state index is 0.0555. The van der Waals surface area contributed by atoms with Crippen molar-refractivity contribution in [2.75, 3.05) is 0 Å². The number of H-pyrrole nitrogens is 1. The number of benzene rings is 2. The van der Waals surface area contributed by atoms with E-state index in [-0.39, 0.29) is 5.41 Å². The molecule has 0 fully saturated rings. The van der Waals surface area contributed by atoms with Gasteiger partial charge < -0.3 is 4.98 Å². The second kappa shape index (κ2) is 6.02. The van der Waals surface area contributed by atoms with Crippen LogP contribution < -0.4 is 0 Å². The van der Waals surface area contributed by atoms with Crippen LogP contribution >= 0.6 is 0 Å². The standard InChI is InChI=1S/C20H20N2/c1-20(2,16-9-5-3-6-10-16)19-14-13-18(22-19)15-21-17-11-7-4-8-12-17/h3-15,22H,1-2H3/b21-15+. The highest BCUT2D eigenvalue weighted by Crippen LogP contribution is 2.30. The first kappa shape index (κ1) is 14.3. The molecule has 0 unspecified atom stereocenters. The quantitative estimate of drug-likeness (QED) is 0.648. The Labute approximate surface area is 131 Å². The summed E-state index contributed by atoms with van der Waals surface area (Å²) in [5, 5.41) is 0. The fourth-order valence-corrected chi connectivity index (χ4v) is 2.52. The molecule has 2 nitrogen and oxygen atoms in total. The molecule has 0 aliphatic heterocycles. The average Bonchev–Trinajstić information content (AvgIpc) is 3.04. The Morgan fingerprint density at radius 2 is 1.45 bits per heavy atom. The van der Waals surface area contributed by atoms with Crippen LogP contribution in [-0.4, -0.2) is 11.2 Å². The first-order valence-electron chi connectivity index (χ1n) is 7.50. The Balaban J connectivity index is 1.83. The number of aromatic nitrogens is 1. The maximum absolute atomic E-state index is 4.49. The summed E-state index contributed by atoms with van der Waals surface area (Å²) >= 11 is 0. The van der Waals surface area contributed by atoms with E-state index in [9.17, 15) is 0 Å². The van der Waals surface area contributed by atoms with Crippen LogP contribution in [0, 0.1) is 0 Å². The van der Waals surface area contributed by atoms with Crippen molar-refractivity contribution in [2.45, 2.75) is 19.3 Å². The highest BCUT2D eigenvalue weighted by atomic mass is 14.8. The monoisotopic (exact) mass is 288 g/mol. The third-order valence-corrected chi connectivity index (χ3v) is 3.99. The molecule has 1 heterocycles. The molecule has 2 heteroatoms. The van der Waals surface area contributed by atoms with Gasteiger partial charge in [-0.05, 0) is 29.8 Å². The molecule has 22 heavy (non-hydrogen) atoms. The van der Waals surface area contributed by atoms with Crippen molar-refractivity contribution in [2.24, 2.45) is 4.99 Å². The molecule has 0 radical (unpaired) electrons. The number of nitrogens with zero attached hydrogens (tertiary/aromatic N) is 1. The molecular formula is C20H20N2. The Morgan fingerprint density at radius 1 is 0.818 bits per heavy atom. The van der Waals surface area contributed by atoms with E-state index in [1.165, 1.54) is 11.3 Å². The van der Waals surface area contributed by atoms with Crippen molar-refractivity contribution in [1.82, 2.24) is 4.98 Å². The number of aliphatic imine (C=N–C) groups is 1. The SMILES string of the molecule is CC(C)(c1ccccc1)c1ccc(/C=N/c2ccccc2)[nH]1. The Hall–Kier alpha value is -2.61. The summed E-state index contributed by atoms with van der Waals surface area (Å²) in [5.74, 6) is 0. The van der Waals surface area contributed by atoms with Gasteiger partial charge in [-0.15, -0.1) is 0 Å². The van der Waals surface area contributed by atoms with Gasteiger partial charge in [0.05, 0.1) is 17.6 Å². The number of nitrogens with one attached hydrogen (secondary N) is 1. The first-order valence-corrected chi connectivity index (χ1v) is 7.50. The molecule has 3 aromatic rings. The van der Waals surface area contributed by atoms with Crippen molar-refractivity contribution in [3.05, 3.63) is 89.7 Å². The van der Waals surface area contributed by atoms with Gasteiger partial charge >= 0.3 is 0 Å². The summed E-state index contributed by atoms with van der Waals surface area (Å²) in [7, 11) is 0. The normalized spacial score (nSPS) is 11.9. The highest BCUT2D eigenvalue weighted by molar-refractivity contribution is 5.80. The molecule has 110 valence electrons. The van der Waals surface area contributed by atoms with Gasteiger partial charge in [-0.25, -0.2) is 0 Å². The van der Waals surface area contributed by atoms with Crippen molar-refractivity contribution in [3.63, 3.8) is 0 Å². The minimum atomic E-state index is -0.0555. The van der Waals surface area contributed by atoms with E-state index < -0.39 is 0 Å². The van der Waals surface area contributed by atoms with Gasteiger partial charge in [0, 0.05) is 11.1 Å². The fourth-order valence-electron chi connectivity index (χ4n) is 2.52. The molecule has 0 aliphatic rings. The van der Waals surface area contributed by atoms with Crippen LogP contribution in [0.2, 0.25) is 0 Å². The van der Waals surface area contributed by atoms with Gasteiger partial charge in [0.1, 0.15) is 0 Å². The molecule has 0 bridgehead atoms. The second-order valence-electron chi connectivity index (χ2n) is 5.91. The summed E-state index contributed by atoms with van der Waals surface area (Å²) < 4.78 is 0. The predicted molar refractivity (Wildman–Crippen MR) is 93.1 cm³/mol. The van der Waals surface area contributed by atoms with Gasteiger partial charge in [0.2, 0.25) is 0 Å². The van der Waals surface area contributed by atoms with E-state index in [4.69, 9.17) is 0 Å². The van der Waals surface area contributed by atoms with E-state index in [1.54, 1.807) is 0 Å². The van der Waals surface area contributed by atoms with E-state index in [0.717, 1.165) is 11.4 Å². The zero-order valence-corrected chi connectivity index (χ0v) is 13.0. The lowest BCUT2D eigenvalue weighted by molar-refractivity contribution is 0.621. The smallest absolute Gasteiger partial charge is 0.0630 e. The topological polar surface area (TPSA) is 28.1 Å². The molecule has 1 aromatic heterocycles. The maximum atomic E-state index is 4.49. The van der Waals surface area contributed by atoms with Gasteiger partial charge in [-0.3, -0.25) is 4.99 Å². The fraction of sp³-hybridized carbons (Fsp3) is 0.150. The van der Waals surface area contributed by atoms with Gasteiger partial charge in [-0.2, -0.15) is 0 Å². The van der Waals surface area contributed by atoms with E-state index >= 15 is 0 Å². The number of hydrogen-bond acceptors (Lipinski definition) is 1. The highest BCUT2D eigenvalue weighted by Gasteiger charge is 2.24. The third kappa shape index (κ3) is 3.01. The largest absolute Gasteiger partial charge is 0.357 e. The molecule has 0 amide bonds. The lowest BCUT2D eigenvalue weighted by atomic mass is 9.82. The van der Waals surface area contributed by atoms with Crippen LogP contribution in [0.4, 0.5) is 5.69 Å². The van der Waals surface area contributed by atoms with Gasteiger partial charge in [-0.1, -0.05) is 62.4 Å². The lowest BCUT2D eigenvalue weighted by Crippen LogP contribution is -2.19. The van der Waals surface area contributed by atoms with Crippen LogP contribution in [0.15, 0.2) is 77.8 Å². The predicted octanol–water partition coefficient (Wildman–Crippen LogP) is 5.09. The van der Waals surface area contributed by atoms with Gasteiger partial charge in [0.15, 0.2) is 0 Å². The zero-order valence-electron chi connectivity index (χ0n) is 13.0. The molecule has 3 rings (SSSR count). The van der Waals surface area contributed by atoms with Crippen molar-refractivity contribution in [3.8, 4) is 0 Å². The van der Waals surface area contributed by atoms with E-state index in [0.29, 0.717) is 0 Å². The number of hydrogen-bond donors (Lipinski definition) is 1. The number of para-hydroxylation sites is 1. The Bertz CT molecular complexity index is 753. The molecule has 0 saturated heterocycles. The zero-order chi connectivity index (χ0) is 15.4. The minimum Gasteiger partial charge on any atom is -0.357 e. The molecular weight excluding hydrogens is 268 g/mol. The summed E-state index contributed by atoms with van der Waals surface area (Å²) in [4.78, 5) is 7.96. The first-order chi connectivity index (χ1) is 10.7. The van der Waals surface area contributed by atoms with Crippen LogP contribution in [0.3, 0.4) is 0 Å². The summed E-state index contributed by atoms with van der Waals surface area (Å²) in [6, 6.07) is 24.7. The Morgan fingerprint density at radius 3 is 2.14 bits per heavy atom. The summed E-state index contributed by atoms with van der Waals surface area (Å²) in [5.41, 5.74) is 4.40. The van der Waals surface area contributed by atoms with E-state index in [1.807, 2.05) is 42.6 Å². The van der Waals surface area contributed by atoms with Crippen molar-refractivity contribution < 1.29 is 0 Å². The van der Waals surface area contributed by atoms with Crippen LogP contribution in [0.5, 0.6) is 0 Å². The average molecular weight is 288 g/mol. The molecule has 0 spiro atoms. The van der Waals surface area contributed by atoms with Crippen molar-refractivity contribution >= 4 is 11.9 Å². The van der Waals surface area contributed by atoms with Crippen LogP contribution in [0.25, 0.3) is 0 Å². The van der Waals surface area contributed by atoms with Gasteiger partial charge in [0.25, 0.3) is 0 Å². The molecule has 0 saturated carbocycles. The molecule has 1 N–H and O–H groups in total. The van der Waals surface area contributed by atoms with E-state index in [2.05, 4.69) is 60.2 Å². The second-order valence-corrected chi connectivity index (χ2v) is 5.91. The summed E-state index contributed by atoms with van der Waals surface area (Å²) in [6.07, 6.45) is 1.87. The van der Waals surface area contributed by atoms with Crippen LogP contribution in [0.1, 0.15) is 30.8 Å². The number of rotatable bonds is 4. The van der Waals surface area contributed by atoms with Crippen LogP contribution in [-0.2, 0) is 5.41 Å². The molecule has 0 atom stereocenters. The third-order valence-electron chi connectivity index (χ3n) is 3.99. The number of aromatic amines is 1. The lowest BCUT2D eigenvalue weighted by Gasteiger charge is -2.24. The Kier molecular flexibility index (Phi) is 3.92. The summed E-state index contributed by atoms with van der Waals surface area (Å²) in [6.45, 7) is 4.46.